The summed E-state index contributed by atoms with van der Waals surface area (Å²) in [4.78, 5) is 6.85. The first kappa shape index (κ1) is 14.5. The molecule has 4 aromatic rings. The Morgan fingerprint density at radius 2 is 1.73 bits per heavy atom. The van der Waals surface area contributed by atoms with Crippen LogP contribution in [0.3, 0.4) is 0 Å². The second-order valence-corrected chi connectivity index (χ2v) is 5.39. The highest BCUT2D eigenvalue weighted by molar-refractivity contribution is 6.04. The summed E-state index contributed by atoms with van der Waals surface area (Å²) in [6.07, 6.45) is 0. The van der Waals surface area contributed by atoms with Gasteiger partial charge in [0.15, 0.2) is 11.0 Å². The Balaban J connectivity index is 0.00000144. The number of rotatable bonds is 1. The van der Waals surface area contributed by atoms with Crippen molar-refractivity contribution in [1.29, 1.82) is 0 Å². The molecule has 0 fully saturated rings. The third kappa shape index (κ3) is 2.24. The standard InChI is InChI=1S/C18H15N2O.ClH/c1-20(2)13-8-9-15-17(11-13)21-16-10-7-12-5-3-4-6-14(12)18(16)19-15;/h3-11H,1-2H3;1H/q+1;/p-1. The van der Waals surface area contributed by atoms with E-state index in [0.717, 1.165) is 33.3 Å². The molecule has 110 valence electrons. The number of halogens is 1. The molecule has 0 atom stereocenters. The molecule has 0 radical (unpaired) electrons. The van der Waals surface area contributed by atoms with Crippen LogP contribution in [0.4, 0.5) is 5.69 Å². The lowest BCUT2D eigenvalue weighted by Crippen LogP contribution is -3.00. The number of aromatic nitrogens is 1. The molecule has 0 amide bonds. The molecule has 22 heavy (non-hydrogen) atoms. The van der Waals surface area contributed by atoms with Crippen LogP contribution in [-0.2, 0) is 0 Å². The third-order valence-corrected chi connectivity index (χ3v) is 3.78. The lowest BCUT2D eigenvalue weighted by Gasteiger charge is -2.10. The number of anilines is 1. The van der Waals surface area contributed by atoms with Crippen LogP contribution in [0.2, 0.25) is 0 Å². The Labute approximate surface area is 134 Å². The van der Waals surface area contributed by atoms with Gasteiger partial charge < -0.3 is 17.3 Å². The van der Waals surface area contributed by atoms with Crippen LogP contribution in [0.25, 0.3) is 33.0 Å². The minimum Gasteiger partial charge on any atom is -1.00 e. The molecule has 0 aliphatic rings. The molecule has 0 saturated heterocycles. The van der Waals surface area contributed by atoms with Crippen molar-refractivity contribution in [2.45, 2.75) is 0 Å². The van der Waals surface area contributed by atoms with E-state index in [1.165, 1.54) is 5.39 Å². The van der Waals surface area contributed by atoms with Crippen molar-refractivity contribution < 1.29 is 16.8 Å². The summed E-state index contributed by atoms with van der Waals surface area (Å²) in [5, 5.41) is 2.30. The average molecular weight is 311 g/mol. The van der Waals surface area contributed by atoms with Gasteiger partial charge in [-0.2, -0.15) is 0 Å². The fourth-order valence-corrected chi connectivity index (χ4v) is 2.63. The molecular weight excluding hydrogens is 296 g/mol. The molecule has 0 aliphatic heterocycles. The minimum absolute atomic E-state index is 0. The summed E-state index contributed by atoms with van der Waals surface area (Å²) in [5.41, 5.74) is 4.52. The molecule has 1 heterocycles. The molecule has 3 aromatic carbocycles. The molecule has 0 unspecified atom stereocenters. The maximum absolute atomic E-state index is 6.06. The van der Waals surface area contributed by atoms with Crippen LogP contribution in [0, 0.1) is 0 Å². The molecule has 0 bridgehead atoms. The zero-order valence-corrected chi connectivity index (χ0v) is 13.1. The zero-order valence-electron chi connectivity index (χ0n) is 12.4. The van der Waals surface area contributed by atoms with Crippen molar-refractivity contribution in [1.82, 2.24) is 4.98 Å². The van der Waals surface area contributed by atoms with E-state index in [2.05, 4.69) is 29.2 Å². The summed E-state index contributed by atoms with van der Waals surface area (Å²) in [6, 6.07) is 18.4. The van der Waals surface area contributed by atoms with Gasteiger partial charge in [0.2, 0.25) is 0 Å². The first-order chi connectivity index (χ1) is 10.2. The Hall–Kier alpha value is -2.39. The number of hydrogen-bond acceptors (Lipinski definition) is 2. The van der Waals surface area contributed by atoms with Crippen LogP contribution in [0.5, 0.6) is 0 Å². The highest BCUT2D eigenvalue weighted by atomic mass is 35.5. The van der Waals surface area contributed by atoms with E-state index in [1.807, 2.05) is 44.4 Å². The highest BCUT2D eigenvalue weighted by Gasteiger charge is 2.16. The predicted octanol–water partition coefficient (Wildman–Crippen LogP) is 1.49. The predicted molar refractivity (Wildman–Crippen MR) is 87.8 cm³/mol. The maximum Gasteiger partial charge on any atom is 0.381 e. The van der Waals surface area contributed by atoms with Crippen molar-refractivity contribution in [2.75, 3.05) is 19.0 Å². The number of nitrogens with zero attached hydrogens (tertiary/aromatic N) is 2. The number of hydrogen-bond donors (Lipinski definition) is 0. The largest absolute Gasteiger partial charge is 1.00 e. The second-order valence-electron chi connectivity index (χ2n) is 5.39. The summed E-state index contributed by atoms with van der Waals surface area (Å²) < 4.78 is 6.06. The van der Waals surface area contributed by atoms with Crippen molar-refractivity contribution >= 4 is 38.7 Å². The Bertz CT molecular complexity index is 982. The van der Waals surface area contributed by atoms with Crippen LogP contribution in [0.15, 0.2) is 59.0 Å². The van der Waals surface area contributed by atoms with Gasteiger partial charge in [-0.15, -0.1) is 0 Å². The smallest absolute Gasteiger partial charge is 0.381 e. The van der Waals surface area contributed by atoms with Crippen molar-refractivity contribution in [3.63, 3.8) is 0 Å². The lowest BCUT2D eigenvalue weighted by molar-refractivity contribution is -0.00000465. The maximum atomic E-state index is 6.06. The third-order valence-electron chi connectivity index (χ3n) is 3.78. The van der Waals surface area contributed by atoms with Gasteiger partial charge in [0.25, 0.3) is 0 Å². The van der Waals surface area contributed by atoms with E-state index >= 15 is 0 Å². The zero-order chi connectivity index (χ0) is 14.4. The van der Waals surface area contributed by atoms with Crippen molar-refractivity contribution in [2.24, 2.45) is 0 Å². The molecule has 0 aliphatic carbocycles. The molecular formula is C18H15ClN2O. The molecule has 0 spiro atoms. The molecule has 3 nitrogen and oxygen atoms in total. The van der Waals surface area contributed by atoms with Gasteiger partial charge >= 0.3 is 11.2 Å². The van der Waals surface area contributed by atoms with E-state index in [1.54, 1.807) is 0 Å². The fraction of sp³-hybridized carbons (Fsp3) is 0.111. The van der Waals surface area contributed by atoms with Crippen LogP contribution in [-0.4, -0.2) is 19.1 Å². The van der Waals surface area contributed by atoms with E-state index < -0.39 is 0 Å². The fourth-order valence-electron chi connectivity index (χ4n) is 2.63. The summed E-state index contributed by atoms with van der Waals surface area (Å²) in [7, 11) is 4.03. The quantitative estimate of drug-likeness (QED) is 0.303. The van der Waals surface area contributed by atoms with E-state index in [4.69, 9.17) is 9.40 Å². The SMILES string of the molecule is CN(C)c1ccc2nc3c(ccc4ccccc43)[o+]c2c1.[Cl-]. The van der Waals surface area contributed by atoms with Gasteiger partial charge in [-0.05, 0) is 23.6 Å². The van der Waals surface area contributed by atoms with Crippen molar-refractivity contribution in [3.8, 4) is 0 Å². The minimum atomic E-state index is 0. The van der Waals surface area contributed by atoms with Gasteiger partial charge in [-0.1, -0.05) is 24.3 Å². The summed E-state index contributed by atoms with van der Waals surface area (Å²) in [5.74, 6) is 0. The summed E-state index contributed by atoms with van der Waals surface area (Å²) >= 11 is 0. The molecule has 4 rings (SSSR count). The number of fused-ring (bicyclic) bond motifs is 4. The lowest BCUT2D eigenvalue weighted by atomic mass is 10.1. The van der Waals surface area contributed by atoms with E-state index in [0.29, 0.717) is 0 Å². The molecule has 1 aromatic heterocycles. The van der Waals surface area contributed by atoms with Crippen LogP contribution >= 0.6 is 0 Å². The van der Waals surface area contributed by atoms with Gasteiger partial charge in [-0.25, -0.2) is 9.40 Å². The van der Waals surface area contributed by atoms with Gasteiger partial charge in [0.1, 0.15) is 0 Å². The molecule has 0 N–H and O–H groups in total. The molecule has 0 saturated carbocycles. The Kier molecular flexibility index (Phi) is 3.59. The monoisotopic (exact) mass is 310 g/mol. The normalized spacial score (nSPS) is 10.8. The van der Waals surface area contributed by atoms with E-state index in [9.17, 15) is 0 Å². The average Bonchev–Trinajstić information content (AvgIpc) is 2.52. The van der Waals surface area contributed by atoms with Crippen LogP contribution in [0.1, 0.15) is 0 Å². The Morgan fingerprint density at radius 3 is 2.55 bits per heavy atom. The highest BCUT2D eigenvalue weighted by Crippen LogP contribution is 2.28. The van der Waals surface area contributed by atoms with Gasteiger partial charge in [0.05, 0.1) is 6.07 Å². The van der Waals surface area contributed by atoms with Crippen molar-refractivity contribution in [3.05, 3.63) is 54.6 Å². The van der Waals surface area contributed by atoms with Crippen LogP contribution < -0.4 is 17.3 Å². The van der Waals surface area contributed by atoms with Gasteiger partial charge in [0, 0.05) is 31.2 Å². The number of benzene rings is 3. The van der Waals surface area contributed by atoms with E-state index in [-0.39, 0.29) is 12.4 Å². The Morgan fingerprint density at radius 1 is 0.909 bits per heavy atom. The first-order valence-electron chi connectivity index (χ1n) is 6.95. The molecule has 4 heteroatoms. The summed E-state index contributed by atoms with van der Waals surface area (Å²) in [6.45, 7) is 0. The second kappa shape index (κ2) is 5.43. The topological polar surface area (TPSA) is 27.4 Å². The van der Waals surface area contributed by atoms with Gasteiger partial charge in [-0.3, -0.25) is 0 Å². The first-order valence-corrected chi connectivity index (χ1v) is 6.95.